The molecule has 0 bridgehead atoms. The summed E-state index contributed by atoms with van der Waals surface area (Å²) in [5.41, 5.74) is 2.62. The predicted octanol–water partition coefficient (Wildman–Crippen LogP) is 1.17. The zero-order valence-corrected chi connectivity index (χ0v) is 12.2. The number of hydrogen-bond donors (Lipinski definition) is 1. The van der Waals surface area contributed by atoms with Crippen LogP contribution in [0.3, 0.4) is 0 Å². The Balaban J connectivity index is 1.89. The number of benzene rings is 1. The Kier molecular flexibility index (Phi) is 5.19. The molecule has 4 nitrogen and oxygen atoms in total. The molecule has 1 aromatic carbocycles. The van der Waals surface area contributed by atoms with Crippen molar-refractivity contribution in [2.45, 2.75) is 12.6 Å². The van der Waals surface area contributed by atoms with Gasteiger partial charge in [-0.05, 0) is 24.7 Å². The summed E-state index contributed by atoms with van der Waals surface area (Å²) in [6, 6.07) is 8.80. The van der Waals surface area contributed by atoms with Gasteiger partial charge in [-0.2, -0.15) is 0 Å². The second-order valence-corrected chi connectivity index (χ2v) is 5.35. The largest absolute Gasteiger partial charge is 0.378 e. The van der Waals surface area contributed by atoms with Crippen LogP contribution in [-0.2, 0) is 11.3 Å². The van der Waals surface area contributed by atoms with Crippen LogP contribution in [0.1, 0.15) is 5.56 Å². The molecule has 1 heterocycles. The highest BCUT2D eigenvalue weighted by molar-refractivity contribution is 5.45. The zero-order chi connectivity index (χ0) is 13.7. The Labute approximate surface area is 116 Å². The van der Waals surface area contributed by atoms with Gasteiger partial charge in [0.2, 0.25) is 0 Å². The van der Waals surface area contributed by atoms with Crippen LogP contribution in [0.2, 0.25) is 0 Å². The van der Waals surface area contributed by atoms with Gasteiger partial charge in [-0.1, -0.05) is 12.1 Å². The third kappa shape index (κ3) is 4.20. The lowest BCUT2D eigenvalue weighted by atomic mass is 10.1. The van der Waals surface area contributed by atoms with Crippen LogP contribution in [0, 0.1) is 0 Å². The topological polar surface area (TPSA) is 27.7 Å². The standard InChI is InChI=1S/C15H25N3O/c1-16-10-15-12-18(8-9-19-15)11-13-4-6-14(7-5-13)17(2)3/h4-7,15-16H,8-12H2,1-3H3. The highest BCUT2D eigenvalue weighted by Crippen LogP contribution is 2.15. The number of ether oxygens (including phenoxy) is 1. The van der Waals surface area contributed by atoms with Gasteiger partial charge in [0.25, 0.3) is 0 Å². The molecule has 1 aliphatic rings. The van der Waals surface area contributed by atoms with E-state index in [1.165, 1.54) is 11.3 Å². The van der Waals surface area contributed by atoms with Crippen LogP contribution in [-0.4, -0.2) is 58.4 Å². The van der Waals surface area contributed by atoms with Crippen molar-refractivity contribution in [2.24, 2.45) is 0 Å². The molecule has 2 rings (SSSR count). The maximum atomic E-state index is 5.73. The first kappa shape index (κ1) is 14.3. The van der Waals surface area contributed by atoms with E-state index in [4.69, 9.17) is 4.74 Å². The van der Waals surface area contributed by atoms with Gasteiger partial charge < -0.3 is 15.0 Å². The Morgan fingerprint density at radius 2 is 2.05 bits per heavy atom. The minimum atomic E-state index is 0.319. The molecule has 1 N–H and O–H groups in total. The number of morpholine rings is 1. The molecule has 0 amide bonds. The molecular formula is C15H25N3O. The fraction of sp³-hybridized carbons (Fsp3) is 0.600. The van der Waals surface area contributed by atoms with E-state index in [2.05, 4.69) is 53.5 Å². The van der Waals surface area contributed by atoms with Crippen LogP contribution >= 0.6 is 0 Å². The maximum absolute atomic E-state index is 5.73. The zero-order valence-electron chi connectivity index (χ0n) is 12.2. The van der Waals surface area contributed by atoms with E-state index in [-0.39, 0.29) is 0 Å². The molecule has 0 spiro atoms. The van der Waals surface area contributed by atoms with E-state index < -0.39 is 0 Å². The number of nitrogens with zero attached hydrogens (tertiary/aromatic N) is 2. The second kappa shape index (κ2) is 6.89. The van der Waals surface area contributed by atoms with Crippen LogP contribution < -0.4 is 10.2 Å². The molecule has 1 aromatic rings. The van der Waals surface area contributed by atoms with E-state index in [9.17, 15) is 0 Å². The molecule has 106 valence electrons. The van der Waals surface area contributed by atoms with Gasteiger partial charge in [0.05, 0.1) is 12.7 Å². The molecule has 1 aliphatic heterocycles. The number of anilines is 1. The normalized spacial score (nSPS) is 20.5. The van der Waals surface area contributed by atoms with Gasteiger partial charge in [0.1, 0.15) is 0 Å². The SMILES string of the molecule is CNCC1CN(Cc2ccc(N(C)C)cc2)CCO1. The molecule has 0 saturated carbocycles. The molecule has 1 saturated heterocycles. The van der Waals surface area contributed by atoms with Crippen molar-refractivity contribution in [3.8, 4) is 0 Å². The lowest BCUT2D eigenvalue weighted by Crippen LogP contribution is -2.45. The molecule has 1 atom stereocenters. The van der Waals surface area contributed by atoms with Crippen molar-refractivity contribution in [2.75, 3.05) is 52.3 Å². The summed E-state index contributed by atoms with van der Waals surface area (Å²) in [7, 11) is 6.11. The third-order valence-corrected chi connectivity index (χ3v) is 3.51. The molecule has 0 aromatic heterocycles. The Bertz CT molecular complexity index is 375. The summed E-state index contributed by atoms with van der Waals surface area (Å²) in [6.45, 7) is 4.81. The highest BCUT2D eigenvalue weighted by Gasteiger charge is 2.19. The lowest BCUT2D eigenvalue weighted by Gasteiger charge is -2.33. The van der Waals surface area contributed by atoms with Gasteiger partial charge in [0.15, 0.2) is 0 Å². The first-order valence-electron chi connectivity index (χ1n) is 6.94. The number of nitrogens with one attached hydrogen (secondary N) is 1. The van der Waals surface area contributed by atoms with E-state index in [0.717, 1.165) is 32.8 Å². The Morgan fingerprint density at radius 1 is 1.32 bits per heavy atom. The van der Waals surface area contributed by atoms with Gasteiger partial charge in [-0.3, -0.25) is 4.90 Å². The van der Waals surface area contributed by atoms with Crippen LogP contribution in [0.15, 0.2) is 24.3 Å². The van der Waals surface area contributed by atoms with Crippen molar-refractivity contribution >= 4 is 5.69 Å². The summed E-state index contributed by atoms with van der Waals surface area (Å²) >= 11 is 0. The van der Waals surface area contributed by atoms with Crippen LogP contribution in [0.5, 0.6) is 0 Å². The maximum Gasteiger partial charge on any atom is 0.0826 e. The molecule has 1 fully saturated rings. The van der Waals surface area contributed by atoms with Gasteiger partial charge >= 0.3 is 0 Å². The smallest absolute Gasteiger partial charge is 0.0826 e. The van der Waals surface area contributed by atoms with E-state index in [1.807, 2.05) is 7.05 Å². The van der Waals surface area contributed by atoms with E-state index in [1.54, 1.807) is 0 Å². The van der Waals surface area contributed by atoms with Gasteiger partial charge in [-0.15, -0.1) is 0 Å². The van der Waals surface area contributed by atoms with Gasteiger partial charge in [0, 0.05) is 46.0 Å². The minimum Gasteiger partial charge on any atom is -0.378 e. The summed E-state index contributed by atoms with van der Waals surface area (Å²) in [5, 5.41) is 3.18. The summed E-state index contributed by atoms with van der Waals surface area (Å²) in [4.78, 5) is 4.59. The highest BCUT2D eigenvalue weighted by atomic mass is 16.5. The first-order valence-corrected chi connectivity index (χ1v) is 6.94. The fourth-order valence-corrected chi connectivity index (χ4v) is 2.43. The average molecular weight is 263 g/mol. The van der Waals surface area contributed by atoms with Crippen LogP contribution in [0.25, 0.3) is 0 Å². The summed E-state index contributed by atoms with van der Waals surface area (Å²) in [5.74, 6) is 0. The number of likely N-dealkylation sites (N-methyl/N-ethyl adjacent to an activating group) is 1. The Hall–Kier alpha value is -1.10. The van der Waals surface area contributed by atoms with E-state index in [0.29, 0.717) is 6.10 Å². The average Bonchev–Trinajstić information content (AvgIpc) is 2.40. The van der Waals surface area contributed by atoms with Crippen LogP contribution in [0.4, 0.5) is 5.69 Å². The van der Waals surface area contributed by atoms with E-state index >= 15 is 0 Å². The quantitative estimate of drug-likeness (QED) is 0.863. The molecule has 0 aliphatic carbocycles. The Morgan fingerprint density at radius 3 is 2.68 bits per heavy atom. The molecular weight excluding hydrogens is 238 g/mol. The van der Waals surface area contributed by atoms with Crippen molar-refractivity contribution < 1.29 is 4.74 Å². The van der Waals surface area contributed by atoms with Crippen molar-refractivity contribution in [1.82, 2.24) is 10.2 Å². The predicted molar refractivity (Wildman–Crippen MR) is 79.7 cm³/mol. The number of rotatable bonds is 5. The second-order valence-electron chi connectivity index (χ2n) is 5.35. The van der Waals surface area contributed by atoms with Gasteiger partial charge in [-0.25, -0.2) is 0 Å². The van der Waals surface area contributed by atoms with Crippen molar-refractivity contribution in [3.05, 3.63) is 29.8 Å². The fourth-order valence-electron chi connectivity index (χ4n) is 2.43. The minimum absolute atomic E-state index is 0.319. The molecule has 4 heteroatoms. The first-order chi connectivity index (χ1) is 9.19. The molecule has 0 radical (unpaired) electrons. The number of hydrogen-bond acceptors (Lipinski definition) is 4. The lowest BCUT2D eigenvalue weighted by molar-refractivity contribution is -0.0291. The van der Waals surface area contributed by atoms with Crippen molar-refractivity contribution in [3.63, 3.8) is 0 Å². The van der Waals surface area contributed by atoms with Crippen molar-refractivity contribution in [1.29, 1.82) is 0 Å². The monoisotopic (exact) mass is 263 g/mol. The summed E-state index contributed by atoms with van der Waals surface area (Å²) in [6.07, 6.45) is 0.319. The summed E-state index contributed by atoms with van der Waals surface area (Å²) < 4.78 is 5.73. The third-order valence-electron chi connectivity index (χ3n) is 3.51. The molecule has 1 unspecified atom stereocenters. The molecule has 19 heavy (non-hydrogen) atoms.